The van der Waals surface area contributed by atoms with E-state index in [0.29, 0.717) is 39.3 Å². The number of amides is 1. The third-order valence-corrected chi connectivity index (χ3v) is 3.58. The molecule has 0 aliphatic carbocycles. The Balaban J connectivity index is 0.00000242. The Morgan fingerprint density at radius 3 is 2.91 bits per heavy atom. The molecule has 1 amide bonds. The van der Waals surface area contributed by atoms with Gasteiger partial charge in [0, 0.05) is 19.6 Å². The summed E-state index contributed by atoms with van der Waals surface area (Å²) in [5.74, 6) is -0.156. The van der Waals surface area contributed by atoms with Crippen molar-refractivity contribution in [1.29, 1.82) is 0 Å². The highest BCUT2D eigenvalue weighted by Crippen LogP contribution is 2.07. The van der Waals surface area contributed by atoms with Gasteiger partial charge in [0.1, 0.15) is 11.9 Å². The second kappa shape index (κ2) is 9.77. The minimum absolute atomic E-state index is 0. The molecule has 0 aromatic heterocycles. The van der Waals surface area contributed by atoms with Gasteiger partial charge in [-0.05, 0) is 30.5 Å². The van der Waals surface area contributed by atoms with Crippen LogP contribution >= 0.6 is 12.4 Å². The number of carbonyl (C=O) groups excluding carboxylic acids is 1. The van der Waals surface area contributed by atoms with E-state index in [2.05, 4.69) is 5.32 Å². The first kappa shape index (κ1) is 18.9. The summed E-state index contributed by atoms with van der Waals surface area (Å²) in [6, 6.07) is 6.29. The van der Waals surface area contributed by atoms with Crippen molar-refractivity contribution in [3.63, 3.8) is 0 Å². The van der Waals surface area contributed by atoms with Crippen LogP contribution in [0.5, 0.6) is 0 Å². The quantitative estimate of drug-likeness (QED) is 0.867. The van der Waals surface area contributed by atoms with Crippen LogP contribution in [0.2, 0.25) is 0 Å². The van der Waals surface area contributed by atoms with Crippen molar-refractivity contribution < 1.29 is 13.9 Å². The van der Waals surface area contributed by atoms with Crippen molar-refractivity contribution in [3.05, 3.63) is 35.6 Å². The fourth-order valence-electron chi connectivity index (χ4n) is 2.50. The highest BCUT2D eigenvalue weighted by Gasteiger charge is 2.25. The Kier molecular flexibility index (Phi) is 8.38. The highest BCUT2D eigenvalue weighted by atomic mass is 35.5. The van der Waals surface area contributed by atoms with Crippen LogP contribution in [0.25, 0.3) is 0 Å². The second-order valence-corrected chi connectivity index (χ2v) is 5.29. The summed E-state index contributed by atoms with van der Waals surface area (Å²) >= 11 is 0. The van der Waals surface area contributed by atoms with Gasteiger partial charge in [-0.1, -0.05) is 19.1 Å². The van der Waals surface area contributed by atoms with Crippen molar-refractivity contribution in [2.24, 2.45) is 0 Å². The Labute approximate surface area is 137 Å². The zero-order chi connectivity index (χ0) is 15.1. The molecule has 1 saturated heterocycles. The molecular weight excluding hydrogens is 307 g/mol. The zero-order valence-electron chi connectivity index (χ0n) is 12.9. The Bertz CT molecular complexity index is 467. The van der Waals surface area contributed by atoms with Crippen LogP contribution in [-0.4, -0.2) is 49.7 Å². The maximum absolute atomic E-state index is 13.2. The fraction of sp³-hybridized carbons (Fsp3) is 0.562. The van der Waals surface area contributed by atoms with E-state index in [0.717, 1.165) is 12.0 Å². The van der Waals surface area contributed by atoms with Crippen molar-refractivity contribution in [1.82, 2.24) is 10.2 Å². The van der Waals surface area contributed by atoms with Gasteiger partial charge in [-0.25, -0.2) is 4.39 Å². The lowest BCUT2D eigenvalue weighted by molar-refractivity contribution is -0.136. The summed E-state index contributed by atoms with van der Waals surface area (Å²) in [5, 5.41) is 3.19. The van der Waals surface area contributed by atoms with Crippen molar-refractivity contribution in [2.75, 3.05) is 32.8 Å². The third kappa shape index (κ3) is 5.55. The molecule has 1 aliphatic heterocycles. The molecule has 0 radical (unpaired) electrons. The SMILES string of the molecule is CCCN(CCc1cccc(F)c1)C(=O)C1COCCN1.Cl. The average molecular weight is 331 g/mol. The number of hydrogen-bond acceptors (Lipinski definition) is 3. The predicted molar refractivity (Wildman–Crippen MR) is 86.8 cm³/mol. The van der Waals surface area contributed by atoms with Gasteiger partial charge in [0.2, 0.25) is 5.91 Å². The van der Waals surface area contributed by atoms with E-state index < -0.39 is 0 Å². The molecule has 0 spiro atoms. The van der Waals surface area contributed by atoms with Gasteiger partial charge in [0.05, 0.1) is 13.2 Å². The van der Waals surface area contributed by atoms with Crippen molar-refractivity contribution in [3.8, 4) is 0 Å². The average Bonchev–Trinajstić information content (AvgIpc) is 2.52. The molecular formula is C16H24ClFN2O2. The number of halogens is 2. The molecule has 1 fully saturated rings. The summed E-state index contributed by atoms with van der Waals surface area (Å²) in [6.45, 7) is 5.16. The van der Waals surface area contributed by atoms with E-state index in [1.165, 1.54) is 12.1 Å². The molecule has 1 N–H and O–H groups in total. The largest absolute Gasteiger partial charge is 0.378 e. The number of nitrogens with zero attached hydrogens (tertiary/aromatic N) is 1. The molecule has 22 heavy (non-hydrogen) atoms. The van der Waals surface area contributed by atoms with Gasteiger partial charge >= 0.3 is 0 Å². The fourth-order valence-corrected chi connectivity index (χ4v) is 2.50. The summed E-state index contributed by atoms with van der Waals surface area (Å²) in [5.41, 5.74) is 0.914. The number of morpholine rings is 1. The number of benzene rings is 1. The van der Waals surface area contributed by atoms with Gasteiger partial charge in [-0.3, -0.25) is 4.79 Å². The summed E-state index contributed by atoms with van der Waals surface area (Å²) in [7, 11) is 0. The molecule has 0 bridgehead atoms. The minimum Gasteiger partial charge on any atom is -0.378 e. The van der Waals surface area contributed by atoms with E-state index in [-0.39, 0.29) is 30.2 Å². The molecule has 1 aliphatic rings. The lowest BCUT2D eigenvalue weighted by Gasteiger charge is -2.30. The molecule has 1 unspecified atom stereocenters. The maximum Gasteiger partial charge on any atom is 0.242 e. The maximum atomic E-state index is 13.2. The topological polar surface area (TPSA) is 41.6 Å². The van der Waals surface area contributed by atoms with Gasteiger partial charge in [0.15, 0.2) is 0 Å². The predicted octanol–water partition coefficient (Wildman–Crippen LogP) is 2.02. The van der Waals surface area contributed by atoms with E-state index in [4.69, 9.17) is 4.74 Å². The minimum atomic E-state index is -0.252. The number of hydrogen-bond donors (Lipinski definition) is 1. The van der Waals surface area contributed by atoms with E-state index in [1.807, 2.05) is 17.9 Å². The molecule has 124 valence electrons. The molecule has 1 aromatic carbocycles. The van der Waals surface area contributed by atoms with Crippen LogP contribution < -0.4 is 5.32 Å². The van der Waals surface area contributed by atoms with Gasteiger partial charge in [-0.2, -0.15) is 0 Å². The Hall–Kier alpha value is -1.17. The Morgan fingerprint density at radius 1 is 1.45 bits per heavy atom. The first-order valence-electron chi connectivity index (χ1n) is 7.55. The standard InChI is InChI=1S/C16H23FN2O2.ClH/c1-2-8-19(16(20)15-12-21-10-7-18-15)9-6-13-4-3-5-14(17)11-13;/h3-5,11,15,18H,2,6-10,12H2,1H3;1H. The number of carbonyl (C=O) groups is 1. The first-order valence-corrected chi connectivity index (χ1v) is 7.55. The van der Waals surface area contributed by atoms with E-state index >= 15 is 0 Å². The molecule has 0 saturated carbocycles. The lowest BCUT2D eigenvalue weighted by atomic mass is 10.1. The second-order valence-electron chi connectivity index (χ2n) is 5.29. The van der Waals surface area contributed by atoms with Crippen molar-refractivity contribution in [2.45, 2.75) is 25.8 Å². The molecule has 1 atom stereocenters. The van der Waals surface area contributed by atoms with Crippen LogP contribution in [0.1, 0.15) is 18.9 Å². The number of ether oxygens (including phenoxy) is 1. The zero-order valence-corrected chi connectivity index (χ0v) is 13.7. The molecule has 2 rings (SSSR count). The van der Waals surface area contributed by atoms with Crippen LogP contribution in [0.3, 0.4) is 0 Å². The van der Waals surface area contributed by atoms with Crippen LogP contribution in [0.4, 0.5) is 4.39 Å². The molecule has 6 heteroatoms. The molecule has 4 nitrogen and oxygen atoms in total. The van der Waals surface area contributed by atoms with E-state index in [1.54, 1.807) is 6.07 Å². The Morgan fingerprint density at radius 2 is 2.27 bits per heavy atom. The van der Waals surface area contributed by atoms with Crippen LogP contribution in [0, 0.1) is 5.82 Å². The highest BCUT2D eigenvalue weighted by molar-refractivity contribution is 5.85. The van der Waals surface area contributed by atoms with Gasteiger partial charge in [-0.15, -0.1) is 12.4 Å². The summed E-state index contributed by atoms with van der Waals surface area (Å²) in [4.78, 5) is 14.3. The first-order chi connectivity index (χ1) is 10.2. The molecule has 1 aromatic rings. The van der Waals surface area contributed by atoms with Crippen LogP contribution in [0.15, 0.2) is 24.3 Å². The normalized spacial score (nSPS) is 17.6. The summed E-state index contributed by atoms with van der Waals surface area (Å²) in [6.07, 6.45) is 1.57. The third-order valence-electron chi connectivity index (χ3n) is 3.58. The van der Waals surface area contributed by atoms with Gasteiger partial charge in [0.25, 0.3) is 0 Å². The smallest absolute Gasteiger partial charge is 0.242 e. The van der Waals surface area contributed by atoms with Gasteiger partial charge < -0.3 is 15.0 Å². The van der Waals surface area contributed by atoms with Crippen LogP contribution in [-0.2, 0) is 16.0 Å². The number of rotatable bonds is 6. The lowest BCUT2D eigenvalue weighted by Crippen LogP contribution is -2.53. The monoisotopic (exact) mass is 330 g/mol. The molecule has 1 heterocycles. The summed E-state index contributed by atoms with van der Waals surface area (Å²) < 4.78 is 18.5. The number of nitrogens with one attached hydrogen (secondary N) is 1. The van der Waals surface area contributed by atoms with Crippen molar-refractivity contribution >= 4 is 18.3 Å². The van der Waals surface area contributed by atoms with E-state index in [9.17, 15) is 9.18 Å².